The molecule has 6 nitrogen and oxygen atoms in total. The lowest BCUT2D eigenvalue weighted by atomic mass is 9.97. The first kappa shape index (κ1) is 25.0. The van der Waals surface area contributed by atoms with Crippen LogP contribution in [-0.4, -0.2) is 14.5 Å². The first-order valence-corrected chi connectivity index (χ1v) is 13.1. The molecule has 1 amide bonds. The molecule has 4 rings (SSSR count). The highest BCUT2D eigenvalue weighted by atomic mass is 32.2. The maximum atomic E-state index is 12.9. The third-order valence-corrected chi connectivity index (χ3v) is 6.67. The fraction of sp³-hybridized carbons (Fsp3) is 0.138. The van der Waals surface area contributed by atoms with Crippen molar-refractivity contribution in [3.8, 4) is 28.0 Å². The number of anilines is 1. The standard InChI is InChI=1S/C29H28N2O4S/c1-20(2)24-17-10-12-21(3)27(24)30-36(33,34)31-29(32)35-28-25(22-13-6-4-7-14-22)18-11-19-26(28)23-15-8-5-9-16-23/h4-20,30H,1-3H3,(H,31,32). The van der Waals surface area contributed by atoms with Crippen molar-refractivity contribution in [3.05, 3.63) is 108 Å². The molecule has 4 aromatic carbocycles. The number of hydrogen-bond donors (Lipinski definition) is 2. The van der Waals surface area contributed by atoms with E-state index in [1.807, 2.05) is 123 Å². The van der Waals surface area contributed by atoms with E-state index in [1.54, 1.807) is 0 Å². The fourth-order valence-corrected chi connectivity index (χ4v) is 4.89. The van der Waals surface area contributed by atoms with Crippen LogP contribution in [-0.2, 0) is 10.2 Å². The minimum atomic E-state index is -4.26. The van der Waals surface area contributed by atoms with E-state index in [0.717, 1.165) is 22.3 Å². The lowest BCUT2D eigenvalue weighted by Gasteiger charge is -2.18. The molecule has 0 bridgehead atoms. The molecular weight excluding hydrogens is 472 g/mol. The zero-order valence-corrected chi connectivity index (χ0v) is 21.2. The Kier molecular flexibility index (Phi) is 7.41. The van der Waals surface area contributed by atoms with Gasteiger partial charge in [-0.05, 0) is 35.1 Å². The molecule has 0 aliphatic carbocycles. The highest BCUT2D eigenvalue weighted by molar-refractivity contribution is 7.91. The molecule has 36 heavy (non-hydrogen) atoms. The van der Waals surface area contributed by atoms with Gasteiger partial charge in [0.25, 0.3) is 0 Å². The summed E-state index contributed by atoms with van der Waals surface area (Å²) in [7, 11) is -4.26. The largest absolute Gasteiger partial charge is 0.427 e. The van der Waals surface area contributed by atoms with Gasteiger partial charge in [0.15, 0.2) is 0 Å². The lowest BCUT2D eigenvalue weighted by molar-refractivity contribution is 0.207. The van der Waals surface area contributed by atoms with Crippen molar-refractivity contribution < 1.29 is 17.9 Å². The second kappa shape index (κ2) is 10.7. The van der Waals surface area contributed by atoms with Gasteiger partial charge in [-0.2, -0.15) is 8.42 Å². The zero-order chi connectivity index (χ0) is 25.7. The SMILES string of the molecule is Cc1cccc(C(C)C)c1NS(=O)(=O)NC(=O)Oc1c(-c2ccccc2)cccc1-c1ccccc1. The third kappa shape index (κ3) is 5.75. The predicted octanol–water partition coefficient (Wildman–Crippen LogP) is 6.90. The number of ether oxygens (including phenoxy) is 1. The summed E-state index contributed by atoms with van der Waals surface area (Å²) >= 11 is 0. The Labute approximate surface area is 212 Å². The van der Waals surface area contributed by atoms with Crippen molar-refractivity contribution in [1.82, 2.24) is 4.72 Å². The number of rotatable bonds is 7. The summed E-state index contributed by atoms with van der Waals surface area (Å²) in [6, 6.07) is 30.0. The van der Waals surface area contributed by atoms with Crippen LogP contribution >= 0.6 is 0 Å². The highest BCUT2D eigenvalue weighted by Gasteiger charge is 2.22. The Morgan fingerprint density at radius 3 is 1.81 bits per heavy atom. The maximum absolute atomic E-state index is 12.9. The van der Waals surface area contributed by atoms with Gasteiger partial charge >= 0.3 is 16.3 Å². The first-order valence-electron chi connectivity index (χ1n) is 11.6. The van der Waals surface area contributed by atoms with Crippen LogP contribution in [0.1, 0.15) is 30.9 Å². The Morgan fingerprint density at radius 2 is 1.28 bits per heavy atom. The fourth-order valence-electron chi connectivity index (χ4n) is 4.03. The minimum Gasteiger partial charge on any atom is -0.408 e. The van der Waals surface area contributed by atoms with Crippen molar-refractivity contribution in [2.75, 3.05) is 4.72 Å². The summed E-state index contributed by atoms with van der Waals surface area (Å²) in [6.07, 6.45) is -1.11. The van der Waals surface area contributed by atoms with Crippen LogP contribution in [0.4, 0.5) is 10.5 Å². The number of nitrogens with one attached hydrogen (secondary N) is 2. The predicted molar refractivity (Wildman–Crippen MR) is 144 cm³/mol. The molecule has 7 heteroatoms. The molecule has 184 valence electrons. The van der Waals surface area contributed by atoms with Gasteiger partial charge in [-0.3, -0.25) is 4.72 Å². The van der Waals surface area contributed by atoms with Crippen LogP contribution < -0.4 is 14.2 Å². The molecule has 0 spiro atoms. The molecule has 0 radical (unpaired) electrons. The average Bonchev–Trinajstić information content (AvgIpc) is 2.86. The van der Waals surface area contributed by atoms with Gasteiger partial charge in [0.05, 0.1) is 5.69 Å². The van der Waals surface area contributed by atoms with Crippen LogP contribution in [0.3, 0.4) is 0 Å². The zero-order valence-electron chi connectivity index (χ0n) is 20.4. The molecule has 0 unspecified atom stereocenters. The van der Waals surface area contributed by atoms with E-state index in [2.05, 4.69) is 4.72 Å². The lowest BCUT2D eigenvalue weighted by Crippen LogP contribution is -2.37. The minimum absolute atomic E-state index is 0.0840. The van der Waals surface area contributed by atoms with Gasteiger partial charge in [-0.25, -0.2) is 9.52 Å². The Bertz CT molecular complexity index is 1410. The van der Waals surface area contributed by atoms with Crippen molar-refractivity contribution in [3.63, 3.8) is 0 Å². The smallest absolute Gasteiger partial charge is 0.408 e. The molecule has 0 aliphatic rings. The van der Waals surface area contributed by atoms with Crippen molar-refractivity contribution in [2.24, 2.45) is 0 Å². The molecular formula is C29H28N2O4S. The number of benzene rings is 4. The molecule has 0 aliphatic heterocycles. The van der Waals surface area contributed by atoms with Gasteiger partial charge in [0.2, 0.25) is 0 Å². The maximum Gasteiger partial charge on any atom is 0.427 e. The van der Waals surface area contributed by atoms with Gasteiger partial charge in [-0.1, -0.05) is 111 Å². The Hall–Kier alpha value is -4.10. The van der Waals surface area contributed by atoms with E-state index >= 15 is 0 Å². The van der Waals surface area contributed by atoms with E-state index < -0.39 is 16.3 Å². The second-order valence-electron chi connectivity index (χ2n) is 8.71. The van der Waals surface area contributed by atoms with Gasteiger partial charge in [0.1, 0.15) is 5.75 Å². The molecule has 0 saturated carbocycles. The molecule has 2 N–H and O–H groups in total. The van der Waals surface area contributed by atoms with Crippen LogP contribution in [0.15, 0.2) is 97.1 Å². The average molecular weight is 501 g/mol. The molecule has 0 atom stereocenters. The molecule has 0 aromatic heterocycles. The molecule has 0 saturated heterocycles. The number of carbonyl (C=O) groups is 1. The van der Waals surface area contributed by atoms with Gasteiger partial charge in [0, 0.05) is 11.1 Å². The summed E-state index contributed by atoms with van der Waals surface area (Å²) in [6.45, 7) is 5.75. The Balaban J connectivity index is 1.66. The summed E-state index contributed by atoms with van der Waals surface area (Å²) < 4.78 is 36.0. The summed E-state index contributed by atoms with van der Waals surface area (Å²) in [5.74, 6) is 0.349. The summed E-state index contributed by atoms with van der Waals surface area (Å²) in [4.78, 5) is 12.9. The number of para-hydroxylation sites is 2. The van der Waals surface area contributed by atoms with Crippen LogP contribution in [0.5, 0.6) is 5.75 Å². The number of aryl methyl sites for hydroxylation is 1. The summed E-state index contributed by atoms with van der Waals surface area (Å²) in [5.41, 5.74) is 5.02. The van der Waals surface area contributed by atoms with E-state index in [9.17, 15) is 13.2 Å². The van der Waals surface area contributed by atoms with Crippen LogP contribution in [0.25, 0.3) is 22.3 Å². The second-order valence-corrected chi connectivity index (χ2v) is 10.1. The normalized spacial score (nSPS) is 11.2. The number of hydrogen-bond acceptors (Lipinski definition) is 4. The monoisotopic (exact) mass is 500 g/mol. The van der Waals surface area contributed by atoms with Crippen molar-refractivity contribution >= 4 is 22.0 Å². The van der Waals surface area contributed by atoms with E-state index in [1.165, 1.54) is 0 Å². The van der Waals surface area contributed by atoms with Crippen molar-refractivity contribution in [2.45, 2.75) is 26.7 Å². The topological polar surface area (TPSA) is 84.5 Å². The van der Waals surface area contributed by atoms with Gasteiger partial charge in [-0.15, -0.1) is 0 Å². The van der Waals surface area contributed by atoms with Gasteiger partial charge < -0.3 is 4.74 Å². The molecule has 0 fully saturated rings. The van der Waals surface area contributed by atoms with E-state index in [-0.39, 0.29) is 11.7 Å². The Morgan fingerprint density at radius 1 is 0.750 bits per heavy atom. The molecule has 0 heterocycles. The number of carbonyl (C=O) groups excluding carboxylic acids is 1. The third-order valence-electron chi connectivity index (χ3n) is 5.76. The van der Waals surface area contributed by atoms with E-state index in [4.69, 9.17) is 4.74 Å². The van der Waals surface area contributed by atoms with Crippen LogP contribution in [0, 0.1) is 6.92 Å². The quantitative estimate of drug-likeness (QED) is 0.289. The van der Waals surface area contributed by atoms with Crippen LogP contribution in [0.2, 0.25) is 0 Å². The van der Waals surface area contributed by atoms with Crippen molar-refractivity contribution in [1.29, 1.82) is 0 Å². The first-order chi connectivity index (χ1) is 17.2. The highest BCUT2D eigenvalue weighted by Crippen LogP contribution is 2.39. The summed E-state index contributed by atoms with van der Waals surface area (Å²) in [5, 5.41) is 0. The molecule has 4 aromatic rings. The number of amides is 1. The van der Waals surface area contributed by atoms with E-state index in [0.29, 0.717) is 16.8 Å².